The van der Waals surface area contributed by atoms with E-state index in [1.807, 2.05) is 0 Å². The maximum atomic E-state index is 5.31. The van der Waals surface area contributed by atoms with Gasteiger partial charge < -0.3 is 10.1 Å². The van der Waals surface area contributed by atoms with Gasteiger partial charge in [0.1, 0.15) is 0 Å². The lowest BCUT2D eigenvalue weighted by Gasteiger charge is -2.06. The Hall–Kier alpha value is -0.340. The van der Waals surface area contributed by atoms with E-state index < -0.39 is 0 Å². The van der Waals surface area contributed by atoms with Crippen molar-refractivity contribution in [2.45, 2.75) is 6.42 Å². The summed E-state index contributed by atoms with van der Waals surface area (Å²) in [5.74, 6) is 0.736. The normalized spacial score (nSPS) is 25.0. The van der Waals surface area contributed by atoms with Gasteiger partial charge in [-0.3, -0.25) is 0 Å². The highest BCUT2D eigenvalue weighted by atomic mass is 16.5. The van der Waals surface area contributed by atoms with Crippen molar-refractivity contribution in [2.75, 3.05) is 26.3 Å². The van der Waals surface area contributed by atoms with Gasteiger partial charge in [0, 0.05) is 6.54 Å². The van der Waals surface area contributed by atoms with Crippen molar-refractivity contribution < 1.29 is 4.74 Å². The Labute approximate surface area is 62.3 Å². The summed E-state index contributed by atoms with van der Waals surface area (Å²) >= 11 is 0. The summed E-state index contributed by atoms with van der Waals surface area (Å²) in [6, 6.07) is 0. The minimum atomic E-state index is 0.691. The molecule has 0 amide bonds. The van der Waals surface area contributed by atoms with Gasteiger partial charge in [0.05, 0.1) is 13.2 Å². The Balaban J connectivity index is 1.96. The molecule has 0 aromatic rings. The van der Waals surface area contributed by atoms with Crippen LogP contribution in [0.5, 0.6) is 0 Å². The van der Waals surface area contributed by atoms with Crippen LogP contribution in [0.2, 0.25) is 0 Å². The molecule has 1 heterocycles. The monoisotopic (exact) mass is 141 g/mol. The standard InChI is InChI=1S/C8H15NO/c1-2-5-10-7-8-3-4-9-6-8/h2,8-9H,1,3-7H2/t8-/m0/s1. The van der Waals surface area contributed by atoms with Crippen molar-refractivity contribution in [3.63, 3.8) is 0 Å². The van der Waals surface area contributed by atoms with E-state index in [2.05, 4.69) is 11.9 Å². The molecular weight excluding hydrogens is 126 g/mol. The quantitative estimate of drug-likeness (QED) is 0.462. The van der Waals surface area contributed by atoms with Gasteiger partial charge in [-0.25, -0.2) is 0 Å². The fourth-order valence-electron chi connectivity index (χ4n) is 1.17. The lowest BCUT2D eigenvalue weighted by molar-refractivity contribution is 0.129. The number of rotatable bonds is 4. The Morgan fingerprint density at radius 3 is 3.20 bits per heavy atom. The summed E-state index contributed by atoms with van der Waals surface area (Å²) in [5.41, 5.74) is 0. The van der Waals surface area contributed by atoms with Crippen molar-refractivity contribution in [3.8, 4) is 0 Å². The molecule has 1 rings (SSSR count). The number of hydrogen-bond acceptors (Lipinski definition) is 2. The molecule has 1 saturated heterocycles. The zero-order chi connectivity index (χ0) is 7.23. The lowest BCUT2D eigenvalue weighted by atomic mass is 10.1. The Morgan fingerprint density at radius 1 is 1.70 bits per heavy atom. The molecule has 2 nitrogen and oxygen atoms in total. The average molecular weight is 141 g/mol. The molecule has 0 bridgehead atoms. The molecule has 1 fully saturated rings. The van der Waals surface area contributed by atoms with Gasteiger partial charge in [0.25, 0.3) is 0 Å². The van der Waals surface area contributed by atoms with E-state index in [9.17, 15) is 0 Å². The first-order chi connectivity index (χ1) is 4.93. The van der Waals surface area contributed by atoms with E-state index in [1.54, 1.807) is 6.08 Å². The topological polar surface area (TPSA) is 21.3 Å². The Kier molecular flexibility index (Phi) is 3.47. The SMILES string of the molecule is C=CCOC[C@H]1CCNC1. The molecule has 0 radical (unpaired) electrons. The van der Waals surface area contributed by atoms with Crippen LogP contribution in [0.25, 0.3) is 0 Å². The molecule has 1 aliphatic heterocycles. The van der Waals surface area contributed by atoms with Gasteiger partial charge in [-0.2, -0.15) is 0 Å². The van der Waals surface area contributed by atoms with E-state index in [0.717, 1.165) is 25.6 Å². The van der Waals surface area contributed by atoms with E-state index >= 15 is 0 Å². The van der Waals surface area contributed by atoms with Crippen LogP contribution in [0, 0.1) is 5.92 Å². The lowest BCUT2D eigenvalue weighted by Crippen LogP contribution is -2.13. The summed E-state index contributed by atoms with van der Waals surface area (Å²) in [7, 11) is 0. The van der Waals surface area contributed by atoms with Crippen molar-refractivity contribution >= 4 is 0 Å². The highest BCUT2D eigenvalue weighted by Crippen LogP contribution is 2.06. The van der Waals surface area contributed by atoms with Crippen molar-refractivity contribution in [1.29, 1.82) is 0 Å². The van der Waals surface area contributed by atoms with Gasteiger partial charge in [-0.1, -0.05) is 6.08 Å². The van der Waals surface area contributed by atoms with Gasteiger partial charge >= 0.3 is 0 Å². The molecule has 0 aromatic carbocycles. The van der Waals surface area contributed by atoms with Crippen LogP contribution in [-0.4, -0.2) is 26.3 Å². The summed E-state index contributed by atoms with van der Waals surface area (Å²) in [6.45, 7) is 7.44. The van der Waals surface area contributed by atoms with Crippen molar-refractivity contribution in [2.24, 2.45) is 5.92 Å². The molecule has 0 saturated carbocycles. The third-order valence-corrected chi connectivity index (χ3v) is 1.75. The van der Waals surface area contributed by atoms with Gasteiger partial charge in [-0.15, -0.1) is 6.58 Å². The molecule has 1 N–H and O–H groups in total. The van der Waals surface area contributed by atoms with E-state index in [-0.39, 0.29) is 0 Å². The highest BCUT2D eigenvalue weighted by molar-refractivity contribution is 4.71. The second-order valence-electron chi connectivity index (χ2n) is 2.68. The minimum Gasteiger partial charge on any atom is -0.377 e. The van der Waals surface area contributed by atoms with Crippen LogP contribution in [-0.2, 0) is 4.74 Å². The smallest absolute Gasteiger partial charge is 0.0644 e. The molecule has 1 atom stereocenters. The zero-order valence-corrected chi connectivity index (χ0v) is 6.31. The highest BCUT2D eigenvalue weighted by Gasteiger charge is 2.13. The van der Waals surface area contributed by atoms with Crippen molar-refractivity contribution in [1.82, 2.24) is 5.32 Å². The maximum absolute atomic E-state index is 5.31. The summed E-state index contributed by atoms with van der Waals surface area (Å²) in [5, 5.41) is 3.29. The minimum absolute atomic E-state index is 0.691. The summed E-state index contributed by atoms with van der Waals surface area (Å²) in [6.07, 6.45) is 3.06. The first-order valence-electron chi connectivity index (χ1n) is 3.83. The molecule has 2 heteroatoms. The van der Waals surface area contributed by atoms with Crippen LogP contribution < -0.4 is 5.32 Å². The van der Waals surface area contributed by atoms with Gasteiger partial charge in [-0.05, 0) is 18.9 Å². The van der Waals surface area contributed by atoms with Crippen LogP contribution >= 0.6 is 0 Å². The number of ether oxygens (including phenoxy) is 1. The molecule has 10 heavy (non-hydrogen) atoms. The Bertz CT molecular complexity index is 97.4. The van der Waals surface area contributed by atoms with E-state index in [4.69, 9.17) is 4.74 Å². The fourth-order valence-corrected chi connectivity index (χ4v) is 1.17. The zero-order valence-electron chi connectivity index (χ0n) is 6.31. The van der Waals surface area contributed by atoms with Crippen molar-refractivity contribution in [3.05, 3.63) is 12.7 Å². The Morgan fingerprint density at radius 2 is 2.60 bits per heavy atom. The molecule has 0 unspecified atom stereocenters. The molecule has 0 aromatic heterocycles. The number of hydrogen-bond donors (Lipinski definition) is 1. The summed E-state index contributed by atoms with van der Waals surface area (Å²) in [4.78, 5) is 0. The van der Waals surface area contributed by atoms with Crippen LogP contribution in [0.15, 0.2) is 12.7 Å². The number of nitrogens with one attached hydrogen (secondary N) is 1. The molecule has 58 valence electrons. The largest absolute Gasteiger partial charge is 0.377 e. The molecule has 1 aliphatic rings. The maximum Gasteiger partial charge on any atom is 0.0644 e. The van der Waals surface area contributed by atoms with Gasteiger partial charge in [0.15, 0.2) is 0 Å². The first kappa shape index (κ1) is 7.76. The fraction of sp³-hybridized carbons (Fsp3) is 0.750. The second-order valence-corrected chi connectivity index (χ2v) is 2.68. The molecule has 0 aliphatic carbocycles. The molecular formula is C8H15NO. The predicted octanol–water partition coefficient (Wildman–Crippen LogP) is 0.798. The van der Waals surface area contributed by atoms with Gasteiger partial charge in [0.2, 0.25) is 0 Å². The summed E-state index contributed by atoms with van der Waals surface area (Å²) < 4.78 is 5.31. The van der Waals surface area contributed by atoms with Crippen LogP contribution in [0.1, 0.15) is 6.42 Å². The average Bonchev–Trinajstić information content (AvgIpc) is 2.41. The van der Waals surface area contributed by atoms with Crippen LogP contribution in [0.3, 0.4) is 0 Å². The third kappa shape index (κ3) is 2.50. The van der Waals surface area contributed by atoms with E-state index in [0.29, 0.717) is 6.61 Å². The first-order valence-corrected chi connectivity index (χ1v) is 3.83. The predicted molar refractivity (Wildman–Crippen MR) is 42.0 cm³/mol. The third-order valence-electron chi connectivity index (χ3n) is 1.75. The second kappa shape index (κ2) is 4.47. The van der Waals surface area contributed by atoms with E-state index in [1.165, 1.54) is 6.42 Å². The van der Waals surface area contributed by atoms with Crippen LogP contribution in [0.4, 0.5) is 0 Å². The molecule has 0 spiro atoms.